The van der Waals surface area contributed by atoms with Gasteiger partial charge in [0.1, 0.15) is 0 Å². The molecule has 2 aromatic carbocycles. The number of ether oxygens (including phenoxy) is 1. The predicted octanol–water partition coefficient (Wildman–Crippen LogP) is 5.19. The molecule has 0 aromatic heterocycles. The molecule has 2 amide bonds. The van der Waals surface area contributed by atoms with E-state index in [4.69, 9.17) is 16.3 Å². The van der Waals surface area contributed by atoms with E-state index in [0.29, 0.717) is 17.3 Å². The molecule has 1 heterocycles. The maximum Gasteiger partial charge on any atom is 0.338 e. The quantitative estimate of drug-likeness (QED) is 0.365. The maximum atomic E-state index is 12.8. The molecule has 5 nitrogen and oxygen atoms in total. The van der Waals surface area contributed by atoms with Crippen molar-refractivity contribution in [2.45, 2.75) is 39.5 Å². The van der Waals surface area contributed by atoms with Crippen molar-refractivity contribution in [2.75, 3.05) is 11.5 Å². The maximum absolute atomic E-state index is 12.8. The lowest BCUT2D eigenvalue weighted by molar-refractivity contribution is 0.0497. The summed E-state index contributed by atoms with van der Waals surface area (Å²) in [7, 11) is 0. The Morgan fingerprint density at radius 2 is 1.75 bits per heavy atom. The molecule has 0 spiro atoms. The normalized spacial score (nSPS) is 13.0. The van der Waals surface area contributed by atoms with Crippen LogP contribution in [-0.4, -0.2) is 24.4 Å². The van der Waals surface area contributed by atoms with Crippen LogP contribution in [0.2, 0.25) is 5.02 Å². The van der Waals surface area contributed by atoms with Gasteiger partial charge in [0, 0.05) is 5.02 Å². The van der Waals surface area contributed by atoms with E-state index in [1.54, 1.807) is 18.2 Å². The second kappa shape index (κ2) is 8.57. The Bertz CT molecular complexity index is 938. The summed E-state index contributed by atoms with van der Waals surface area (Å²) >= 11 is 6.14. The number of nitrogens with zero attached hydrogens (tertiary/aromatic N) is 1. The Morgan fingerprint density at radius 3 is 2.46 bits per heavy atom. The fraction of sp³-hybridized carbons (Fsp3) is 0.318. The highest BCUT2D eigenvalue weighted by atomic mass is 35.5. The number of carbonyl (C=O) groups excluding carboxylic acids is 3. The number of imide groups is 1. The molecule has 3 rings (SSSR count). The zero-order valence-electron chi connectivity index (χ0n) is 16.0. The smallest absolute Gasteiger partial charge is 0.338 e. The molecule has 0 unspecified atom stereocenters. The number of aryl methyl sites for hydroxylation is 1. The third kappa shape index (κ3) is 3.94. The number of anilines is 1. The number of hydrogen-bond donors (Lipinski definition) is 0. The van der Waals surface area contributed by atoms with E-state index in [1.165, 1.54) is 18.2 Å². The van der Waals surface area contributed by atoms with Crippen LogP contribution in [0.25, 0.3) is 0 Å². The highest BCUT2D eigenvalue weighted by Gasteiger charge is 2.37. The van der Waals surface area contributed by atoms with Crippen molar-refractivity contribution in [1.29, 1.82) is 0 Å². The Kier molecular flexibility index (Phi) is 6.15. The lowest BCUT2D eigenvalue weighted by atomic mass is 10.1. The van der Waals surface area contributed by atoms with Gasteiger partial charge >= 0.3 is 5.97 Å². The monoisotopic (exact) mass is 399 g/mol. The molecule has 146 valence electrons. The van der Waals surface area contributed by atoms with Gasteiger partial charge in [-0.15, -0.1) is 0 Å². The van der Waals surface area contributed by atoms with Gasteiger partial charge in [0.05, 0.1) is 29.0 Å². The van der Waals surface area contributed by atoms with E-state index in [9.17, 15) is 14.4 Å². The molecule has 0 radical (unpaired) electrons. The Balaban J connectivity index is 1.78. The zero-order chi connectivity index (χ0) is 20.3. The van der Waals surface area contributed by atoms with Gasteiger partial charge in [-0.3, -0.25) is 9.59 Å². The van der Waals surface area contributed by atoms with Crippen LogP contribution in [0.15, 0.2) is 36.4 Å². The number of amides is 2. The van der Waals surface area contributed by atoms with Crippen LogP contribution < -0.4 is 4.90 Å². The molecule has 28 heavy (non-hydrogen) atoms. The molecule has 2 aromatic rings. The molecule has 1 aliphatic rings. The first-order valence-corrected chi connectivity index (χ1v) is 9.78. The molecule has 0 saturated heterocycles. The SMILES string of the molecule is CCCCCCOC(=O)c1ccc2c(c1)C(=O)N(c1ccc(C)c(Cl)c1)C2=O. The third-order valence-corrected chi connectivity index (χ3v) is 5.17. The third-order valence-electron chi connectivity index (χ3n) is 4.77. The summed E-state index contributed by atoms with van der Waals surface area (Å²) in [5.74, 6) is -1.40. The van der Waals surface area contributed by atoms with Gasteiger partial charge in [0.2, 0.25) is 0 Å². The average Bonchev–Trinajstić information content (AvgIpc) is 2.94. The van der Waals surface area contributed by atoms with E-state index in [2.05, 4.69) is 6.92 Å². The van der Waals surface area contributed by atoms with Crippen molar-refractivity contribution in [1.82, 2.24) is 0 Å². The van der Waals surface area contributed by atoms with E-state index in [1.807, 2.05) is 6.92 Å². The number of rotatable bonds is 7. The predicted molar refractivity (Wildman–Crippen MR) is 108 cm³/mol. The van der Waals surface area contributed by atoms with Crippen molar-refractivity contribution in [3.8, 4) is 0 Å². The summed E-state index contributed by atoms with van der Waals surface area (Å²) < 4.78 is 5.27. The van der Waals surface area contributed by atoms with E-state index >= 15 is 0 Å². The zero-order valence-corrected chi connectivity index (χ0v) is 16.7. The van der Waals surface area contributed by atoms with Crippen LogP contribution >= 0.6 is 11.6 Å². The minimum atomic E-state index is -0.489. The molecule has 0 N–H and O–H groups in total. The van der Waals surface area contributed by atoms with Gasteiger partial charge < -0.3 is 4.74 Å². The van der Waals surface area contributed by atoms with Crippen LogP contribution in [0, 0.1) is 6.92 Å². The Morgan fingerprint density at radius 1 is 1.00 bits per heavy atom. The number of fused-ring (bicyclic) bond motifs is 1. The summed E-state index contributed by atoms with van der Waals surface area (Å²) in [6, 6.07) is 9.46. The van der Waals surface area contributed by atoms with Gasteiger partial charge in [-0.2, -0.15) is 0 Å². The van der Waals surface area contributed by atoms with E-state index in [-0.39, 0.29) is 16.7 Å². The summed E-state index contributed by atoms with van der Waals surface area (Å²) in [6.45, 7) is 4.30. The molecular formula is C22H22ClNO4. The van der Waals surface area contributed by atoms with Crippen LogP contribution in [0.4, 0.5) is 5.69 Å². The van der Waals surface area contributed by atoms with Gasteiger partial charge in [-0.25, -0.2) is 9.69 Å². The number of esters is 1. The number of benzene rings is 2. The molecule has 1 aliphatic heterocycles. The topological polar surface area (TPSA) is 63.7 Å². The highest BCUT2D eigenvalue weighted by Crippen LogP contribution is 2.31. The van der Waals surface area contributed by atoms with Crippen molar-refractivity contribution in [3.05, 3.63) is 63.7 Å². The largest absolute Gasteiger partial charge is 0.462 e. The lowest BCUT2D eigenvalue weighted by Crippen LogP contribution is -2.29. The van der Waals surface area contributed by atoms with Crippen LogP contribution in [0.5, 0.6) is 0 Å². The Labute approximate surface area is 169 Å². The van der Waals surface area contributed by atoms with E-state index < -0.39 is 17.8 Å². The minimum absolute atomic E-state index is 0.196. The van der Waals surface area contributed by atoms with Crippen molar-refractivity contribution >= 4 is 35.1 Å². The van der Waals surface area contributed by atoms with Gasteiger partial charge in [-0.1, -0.05) is 43.9 Å². The molecule has 6 heteroatoms. The first kappa shape index (κ1) is 20.1. The minimum Gasteiger partial charge on any atom is -0.462 e. The van der Waals surface area contributed by atoms with Gasteiger partial charge in [0.25, 0.3) is 11.8 Å². The van der Waals surface area contributed by atoms with Crippen molar-refractivity contribution in [2.24, 2.45) is 0 Å². The fourth-order valence-electron chi connectivity index (χ4n) is 3.10. The fourth-order valence-corrected chi connectivity index (χ4v) is 3.27. The number of carbonyl (C=O) groups is 3. The summed E-state index contributed by atoms with van der Waals surface area (Å²) in [4.78, 5) is 38.9. The summed E-state index contributed by atoms with van der Waals surface area (Å²) in [6.07, 6.45) is 4.03. The lowest BCUT2D eigenvalue weighted by Gasteiger charge is -2.14. The number of halogens is 1. The summed E-state index contributed by atoms with van der Waals surface area (Å²) in [5.41, 5.74) is 1.98. The summed E-state index contributed by atoms with van der Waals surface area (Å²) in [5, 5.41) is 0.474. The standard InChI is InChI=1S/C22H22ClNO4/c1-3-4-5-6-11-28-22(27)15-8-10-17-18(12-15)21(26)24(20(17)25)16-9-7-14(2)19(23)13-16/h7-10,12-13H,3-6,11H2,1-2H3. The number of unbranched alkanes of at least 4 members (excludes halogenated alkanes) is 3. The molecule has 0 fully saturated rings. The molecule has 0 saturated carbocycles. The number of hydrogen-bond acceptors (Lipinski definition) is 4. The van der Waals surface area contributed by atoms with Gasteiger partial charge in [0.15, 0.2) is 0 Å². The molecule has 0 aliphatic carbocycles. The van der Waals surface area contributed by atoms with Crippen LogP contribution in [0.3, 0.4) is 0 Å². The van der Waals surface area contributed by atoms with E-state index in [0.717, 1.165) is 36.1 Å². The first-order chi connectivity index (χ1) is 13.4. The second-order valence-corrected chi connectivity index (χ2v) is 7.24. The van der Waals surface area contributed by atoms with Crippen molar-refractivity contribution < 1.29 is 19.1 Å². The van der Waals surface area contributed by atoms with Crippen molar-refractivity contribution in [3.63, 3.8) is 0 Å². The molecule has 0 atom stereocenters. The molecule has 0 bridgehead atoms. The Hall–Kier alpha value is -2.66. The van der Waals surface area contributed by atoms with Crippen LogP contribution in [0.1, 0.15) is 69.2 Å². The second-order valence-electron chi connectivity index (χ2n) is 6.84. The molecular weight excluding hydrogens is 378 g/mol. The first-order valence-electron chi connectivity index (χ1n) is 9.40. The van der Waals surface area contributed by atoms with Gasteiger partial charge in [-0.05, 0) is 49.2 Å². The average molecular weight is 400 g/mol. The highest BCUT2D eigenvalue weighted by molar-refractivity contribution is 6.36. The van der Waals surface area contributed by atoms with Crippen LogP contribution in [-0.2, 0) is 4.74 Å².